The van der Waals surface area contributed by atoms with Crippen LogP contribution in [0.2, 0.25) is 0 Å². The molecule has 4 rings (SSSR count). The first-order valence-electron chi connectivity index (χ1n) is 11.4. The highest BCUT2D eigenvalue weighted by Crippen LogP contribution is 2.31. The van der Waals surface area contributed by atoms with E-state index in [0.29, 0.717) is 17.7 Å². The number of hydrogen-bond donors (Lipinski definition) is 1. The zero-order chi connectivity index (χ0) is 27.4. The lowest BCUT2D eigenvalue weighted by atomic mass is 10.1. The number of halogens is 4. The fourth-order valence-corrected chi connectivity index (χ4v) is 3.80. The number of hydrogen-bond acceptors (Lipinski definition) is 5. The zero-order valence-corrected chi connectivity index (χ0v) is 20.4. The molecule has 0 aliphatic carbocycles. The molecule has 3 aromatic heterocycles. The minimum absolute atomic E-state index is 0.0346. The van der Waals surface area contributed by atoms with Gasteiger partial charge in [0, 0.05) is 30.2 Å². The number of rotatable bonds is 8. The van der Waals surface area contributed by atoms with Gasteiger partial charge in [-0.1, -0.05) is 30.3 Å². The van der Waals surface area contributed by atoms with E-state index in [0.717, 1.165) is 16.4 Å². The number of nitrogens with one attached hydrogen (secondary N) is 1. The number of aryl methyl sites for hydroxylation is 1. The first kappa shape index (κ1) is 26.6. The highest BCUT2D eigenvalue weighted by Gasteiger charge is 2.39. The minimum Gasteiger partial charge on any atom is -0.494 e. The SMILES string of the molecule is COc1ccnc(CNC(=O)c2cn(Cc3ccc(Cn4cccc(C)c4=O)cc3)nc2C(F)(F)F)c1F. The summed E-state index contributed by atoms with van der Waals surface area (Å²) in [4.78, 5) is 28.6. The topological polar surface area (TPSA) is 91.0 Å². The van der Waals surface area contributed by atoms with Crippen molar-refractivity contribution in [1.29, 1.82) is 0 Å². The van der Waals surface area contributed by atoms with Crippen molar-refractivity contribution >= 4 is 5.91 Å². The summed E-state index contributed by atoms with van der Waals surface area (Å²) in [6.45, 7) is 1.58. The van der Waals surface area contributed by atoms with Crippen LogP contribution in [-0.2, 0) is 25.8 Å². The largest absolute Gasteiger partial charge is 0.494 e. The van der Waals surface area contributed by atoms with E-state index in [2.05, 4.69) is 15.4 Å². The Hall–Kier alpha value is -4.48. The Morgan fingerprint density at radius 3 is 2.42 bits per heavy atom. The van der Waals surface area contributed by atoms with E-state index in [1.807, 2.05) is 0 Å². The Kier molecular flexibility index (Phi) is 7.60. The molecule has 0 atom stereocenters. The van der Waals surface area contributed by atoms with Crippen LogP contribution in [0.4, 0.5) is 17.6 Å². The van der Waals surface area contributed by atoms with Crippen LogP contribution in [0.1, 0.15) is 38.4 Å². The number of ether oxygens (including phenoxy) is 1. The molecule has 0 saturated carbocycles. The zero-order valence-electron chi connectivity index (χ0n) is 20.4. The summed E-state index contributed by atoms with van der Waals surface area (Å²) in [5.74, 6) is -2.01. The average molecular weight is 529 g/mol. The Morgan fingerprint density at radius 1 is 1.08 bits per heavy atom. The number of methoxy groups -OCH3 is 1. The van der Waals surface area contributed by atoms with Gasteiger partial charge in [-0.05, 0) is 24.1 Å². The molecule has 3 heterocycles. The number of alkyl halides is 3. The van der Waals surface area contributed by atoms with Crippen LogP contribution in [0.15, 0.2) is 65.8 Å². The summed E-state index contributed by atoms with van der Waals surface area (Å²) in [6.07, 6.45) is -0.958. The maximum atomic E-state index is 14.3. The maximum Gasteiger partial charge on any atom is 0.435 e. The van der Waals surface area contributed by atoms with Crippen LogP contribution in [0, 0.1) is 12.7 Å². The fraction of sp³-hybridized carbons (Fsp3) is 0.231. The summed E-state index contributed by atoms with van der Waals surface area (Å²) >= 11 is 0. The average Bonchev–Trinajstić information content (AvgIpc) is 3.32. The van der Waals surface area contributed by atoms with Gasteiger partial charge < -0.3 is 14.6 Å². The van der Waals surface area contributed by atoms with E-state index >= 15 is 0 Å². The van der Waals surface area contributed by atoms with Gasteiger partial charge in [-0.3, -0.25) is 19.3 Å². The van der Waals surface area contributed by atoms with E-state index in [9.17, 15) is 27.2 Å². The molecule has 8 nitrogen and oxygen atoms in total. The lowest BCUT2D eigenvalue weighted by molar-refractivity contribution is -0.141. The summed E-state index contributed by atoms with van der Waals surface area (Å²) in [5, 5.41) is 5.84. The van der Waals surface area contributed by atoms with Crippen molar-refractivity contribution in [2.75, 3.05) is 7.11 Å². The highest BCUT2D eigenvalue weighted by molar-refractivity contribution is 5.95. The molecular formula is C26H23F4N5O3. The monoisotopic (exact) mass is 529 g/mol. The third-order valence-corrected chi connectivity index (χ3v) is 5.77. The van der Waals surface area contributed by atoms with Crippen molar-refractivity contribution in [3.63, 3.8) is 0 Å². The lowest BCUT2D eigenvalue weighted by Gasteiger charge is -2.09. The van der Waals surface area contributed by atoms with Crippen LogP contribution >= 0.6 is 0 Å². The second-order valence-corrected chi connectivity index (χ2v) is 8.48. The van der Waals surface area contributed by atoms with Gasteiger partial charge in [-0.15, -0.1) is 0 Å². The van der Waals surface area contributed by atoms with Gasteiger partial charge in [-0.2, -0.15) is 18.3 Å². The van der Waals surface area contributed by atoms with Gasteiger partial charge in [0.2, 0.25) is 0 Å². The molecule has 0 saturated heterocycles. The molecule has 1 amide bonds. The highest BCUT2D eigenvalue weighted by atomic mass is 19.4. The predicted molar refractivity (Wildman–Crippen MR) is 129 cm³/mol. The van der Waals surface area contributed by atoms with Crippen molar-refractivity contribution in [3.8, 4) is 5.75 Å². The summed E-state index contributed by atoms with van der Waals surface area (Å²) in [6, 6.07) is 11.7. The molecular weight excluding hydrogens is 506 g/mol. The summed E-state index contributed by atoms with van der Waals surface area (Å²) < 4.78 is 62.6. The van der Waals surface area contributed by atoms with Gasteiger partial charge in [-0.25, -0.2) is 4.39 Å². The molecule has 1 N–H and O–H groups in total. The minimum atomic E-state index is -4.89. The van der Waals surface area contributed by atoms with Gasteiger partial charge in [0.25, 0.3) is 11.5 Å². The quantitative estimate of drug-likeness (QED) is 0.349. The summed E-state index contributed by atoms with van der Waals surface area (Å²) in [7, 11) is 1.25. The summed E-state index contributed by atoms with van der Waals surface area (Å²) in [5.41, 5.74) is -0.267. The van der Waals surface area contributed by atoms with Gasteiger partial charge >= 0.3 is 6.18 Å². The molecule has 0 aliphatic rings. The molecule has 0 unspecified atom stereocenters. The standard InChI is InChI=1S/C26H23F4N5O3/c1-16-4-3-11-34(25(16)37)13-17-5-7-18(8-6-17)14-35-15-19(23(33-35)26(28,29)30)24(36)32-12-20-22(27)21(38-2)9-10-31-20/h3-11,15H,12-14H2,1-2H3,(H,32,36). The Balaban J connectivity index is 1.49. The van der Waals surface area contributed by atoms with Crippen molar-refractivity contribution in [3.05, 3.63) is 111 Å². The molecule has 0 radical (unpaired) electrons. The van der Waals surface area contributed by atoms with Crippen LogP contribution in [-0.4, -0.2) is 32.3 Å². The Labute approximate surface area is 214 Å². The number of amides is 1. The number of carbonyl (C=O) groups excluding carboxylic acids is 1. The van der Waals surface area contributed by atoms with Gasteiger partial charge in [0.15, 0.2) is 17.3 Å². The fourth-order valence-electron chi connectivity index (χ4n) is 3.80. The Bertz CT molecular complexity index is 1510. The number of benzene rings is 1. The number of pyridine rings is 2. The van der Waals surface area contributed by atoms with Crippen LogP contribution in [0.5, 0.6) is 5.75 Å². The second kappa shape index (κ2) is 10.9. The van der Waals surface area contributed by atoms with E-state index in [1.54, 1.807) is 54.1 Å². The second-order valence-electron chi connectivity index (χ2n) is 8.48. The molecule has 1 aromatic carbocycles. The Morgan fingerprint density at radius 2 is 1.76 bits per heavy atom. The first-order valence-corrected chi connectivity index (χ1v) is 11.4. The van der Waals surface area contributed by atoms with Gasteiger partial charge in [0.1, 0.15) is 0 Å². The van der Waals surface area contributed by atoms with Crippen LogP contribution in [0.3, 0.4) is 0 Å². The normalized spacial score (nSPS) is 11.4. The van der Waals surface area contributed by atoms with Crippen LogP contribution in [0.25, 0.3) is 0 Å². The molecule has 4 aromatic rings. The molecule has 0 bridgehead atoms. The van der Waals surface area contributed by atoms with E-state index in [1.165, 1.54) is 19.4 Å². The molecule has 198 valence electrons. The molecule has 0 aliphatic heterocycles. The molecule has 38 heavy (non-hydrogen) atoms. The molecule has 0 spiro atoms. The van der Waals surface area contributed by atoms with Gasteiger partial charge in [0.05, 0.1) is 38.0 Å². The van der Waals surface area contributed by atoms with E-state index in [-0.39, 0.29) is 23.5 Å². The molecule has 0 fully saturated rings. The first-order chi connectivity index (χ1) is 18.1. The maximum absolute atomic E-state index is 14.3. The molecule has 12 heteroatoms. The number of carbonyl (C=O) groups is 1. The predicted octanol–water partition coefficient (Wildman–Crippen LogP) is 3.94. The number of nitrogens with zero attached hydrogens (tertiary/aromatic N) is 4. The number of aromatic nitrogens is 4. The van der Waals surface area contributed by atoms with Crippen molar-refractivity contribution < 1.29 is 27.1 Å². The van der Waals surface area contributed by atoms with Crippen molar-refractivity contribution in [1.82, 2.24) is 24.6 Å². The smallest absolute Gasteiger partial charge is 0.435 e. The van der Waals surface area contributed by atoms with E-state index < -0.39 is 35.7 Å². The lowest BCUT2D eigenvalue weighted by Crippen LogP contribution is -2.26. The third kappa shape index (κ3) is 5.90. The van der Waals surface area contributed by atoms with Crippen LogP contribution < -0.4 is 15.6 Å². The van der Waals surface area contributed by atoms with E-state index in [4.69, 9.17) is 4.74 Å². The van der Waals surface area contributed by atoms with Crippen molar-refractivity contribution in [2.24, 2.45) is 0 Å². The van der Waals surface area contributed by atoms with Crippen molar-refractivity contribution in [2.45, 2.75) is 32.7 Å². The third-order valence-electron chi connectivity index (χ3n) is 5.77.